The zero-order chi connectivity index (χ0) is 11.0. The Hall–Kier alpha value is -2.17. The number of para-hydroxylation sites is 2. The molecular formula is C11H10N4O. The number of fused-ring (bicyclic) bond motifs is 1. The minimum atomic E-state index is 0.586. The van der Waals surface area contributed by atoms with Gasteiger partial charge < -0.3 is 9.09 Å². The first-order valence-electron chi connectivity index (χ1n) is 5.02. The average Bonchev–Trinajstić information content (AvgIpc) is 2.89. The molecule has 2 aromatic heterocycles. The zero-order valence-corrected chi connectivity index (χ0v) is 8.79. The molecule has 2 heterocycles. The normalized spacial score (nSPS) is 11.1. The summed E-state index contributed by atoms with van der Waals surface area (Å²) in [7, 11) is 0. The van der Waals surface area contributed by atoms with Gasteiger partial charge in [-0.05, 0) is 19.1 Å². The number of benzene rings is 1. The van der Waals surface area contributed by atoms with Crippen LogP contribution in [0.25, 0.3) is 11.0 Å². The number of nitrogens with zero attached hydrogens (tertiary/aromatic N) is 4. The van der Waals surface area contributed by atoms with E-state index < -0.39 is 0 Å². The van der Waals surface area contributed by atoms with Crippen molar-refractivity contribution in [3.8, 4) is 0 Å². The molecule has 0 atom stereocenters. The summed E-state index contributed by atoms with van der Waals surface area (Å²) in [5.74, 6) is 1.61. The van der Waals surface area contributed by atoms with Gasteiger partial charge in [-0.1, -0.05) is 17.3 Å². The third kappa shape index (κ3) is 1.37. The first-order chi connectivity index (χ1) is 7.84. The van der Waals surface area contributed by atoms with Crippen molar-refractivity contribution in [3.63, 3.8) is 0 Å². The molecule has 0 radical (unpaired) electrons. The van der Waals surface area contributed by atoms with Crippen LogP contribution in [0, 0.1) is 6.92 Å². The fourth-order valence-electron chi connectivity index (χ4n) is 1.80. The highest BCUT2D eigenvalue weighted by Gasteiger charge is 2.08. The Morgan fingerprint density at radius 2 is 2.19 bits per heavy atom. The Labute approximate surface area is 91.7 Å². The maximum absolute atomic E-state index is 4.72. The van der Waals surface area contributed by atoms with E-state index in [-0.39, 0.29) is 0 Å². The van der Waals surface area contributed by atoms with Gasteiger partial charge in [-0.25, -0.2) is 4.98 Å². The third-order valence-electron chi connectivity index (χ3n) is 2.55. The second-order valence-corrected chi connectivity index (χ2v) is 3.58. The van der Waals surface area contributed by atoms with Crippen LogP contribution in [0.2, 0.25) is 0 Å². The molecule has 0 bridgehead atoms. The first-order valence-corrected chi connectivity index (χ1v) is 5.02. The molecular weight excluding hydrogens is 204 g/mol. The van der Waals surface area contributed by atoms with Crippen LogP contribution in [0.15, 0.2) is 35.2 Å². The highest BCUT2D eigenvalue weighted by molar-refractivity contribution is 5.75. The summed E-state index contributed by atoms with van der Waals surface area (Å²) in [6.45, 7) is 2.56. The van der Waals surface area contributed by atoms with Crippen LogP contribution in [-0.2, 0) is 6.54 Å². The maximum atomic E-state index is 4.72. The summed E-state index contributed by atoms with van der Waals surface area (Å²) >= 11 is 0. The number of hydrogen-bond acceptors (Lipinski definition) is 4. The van der Waals surface area contributed by atoms with Crippen LogP contribution >= 0.6 is 0 Å². The lowest BCUT2D eigenvalue weighted by atomic mass is 10.3. The molecule has 80 valence electrons. The molecule has 0 aliphatic carbocycles. The van der Waals surface area contributed by atoms with E-state index in [4.69, 9.17) is 4.52 Å². The summed E-state index contributed by atoms with van der Waals surface area (Å²) < 4.78 is 6.79. The first kappa shape index (κ1) is 9.08. The number of imidazole rings is 1. The molecule has 0 saturated heterocycles. The van der Waals surface area contributed by atoms with E-state index >= 15 is 0 Å². The number of hydrogen-bond donors (Lipinski definition) is 0. The van der Waals surface area contributed by atoms with Crippen molar-refractivity contribution in [2.75, 3.05) is 0 Å². The molecule has 0 spiro atoms. The van der Waals surface area contributed by atoms with E-state index in [1.54, 1.807) is 0 Å². The second-order valence-electron chi connectivity index (χ2n) is 3.58. The monoisotopic (exact) mass is 214 g/mol. The van der Waals surface area contributed by atoms with Crippen molar-refractivity contribution >= 4 is 11.0 Å². The van der Waals surface area contributed by atoms with Crippen LogP contribution in [0.3, 0.4) is 0 Å². The average molecular weight is 214 g/mol. The molecule has 5 heteroatoms. The Morgan fingerprint density at radius 1 is 1.31 bits per heavy atom. The lowest BCUT2D eigenvalue weighted by Crippen LogP contribution is -2.03. The molecule has 0 unspecified atom stereocenters. The van der Waals surface area contributed by atoms with Gasteiger partial charge in [-0.2, -0.15) is 4.98 Å². The summed E-state index contributed by atoms with van der Waals surface area (Å²) in [6.07, 6.45) is 1.34. The smallest absolute Gasteiger partial charge is 0.213 e. The van der Waals surface area contributed by atoms with Crippen molar-refractivity contribution in [1.82, 2.24) is 19.7 Å². The Bertz CT molecular complexity index is 612. The summed E-state index contributed by atoms with van der Waals surface area (Å²) in [5, 5.41) is 3.80. The van der Waals surface area contributed by atoms with Crippen LogP contribution in [0.5, 0.6) is 0 Å². The lowest BCUT2D eigenvalue weighted by Gasteiger charge is -2.02. The maximum Gasteiger partial charge on any atom is 0.213 e. The van der Waals surface area contributed by atoms with Gasteiger partial charge in [0, 0.05) is 0 Å². The third-order valence-corrected chi connectivity index (χ3v) is 2.55. The zero-order valence-electron chi connectivity index (χ0n) is 8.79. The molecule has 3 aromatic rings. The van der Waals surface area contributed by atoms with Gasteiger partial charge in [-0.3, -0.25) is 0 Å². The molecule has 3 rings (SSSR count). The van der Waals surface area contributed by atoms with Gasteiger partial charge in [0.2, 0.25) is 6.39 Å². The fraction of sp³-hybridized carbons (Fsp3) is 0.182. The predicted molar refractivity (Wildman–Crippen MR) is 57.9 cm³/mol. The van der Waals surface area contributed by atoms with E-state index in [0.717, 1.165) is 16.9 Å². The Balaban J connectivity index is 2.12. The van der Waals surface area contributed by atoms with Gasteiger partial charge in [0.05, 0.1) is 17.6 Å². The molecule has 16 heavy (non-hydrogen) atoms. The van der Waals surface area contributed by atoms with Gasteiger partial charge in [0.1, 0.15) is 5.82 Å². The predicted octanol–water partition coefficient (Wildman–Crippen LogP) is 1.78. The number of aromatic nitrogens is 4. The van der Waals surface area contributed by atoms with Gasteiger partial charge in [0.15, 0.2) is 5.82 Å². The van der Waals surface area contributed by atoms with E-state index in [9.17, 15) is 0 Å². The highest BCUT2D eigenvalue weighted by Crippen LogP contribution is 2.16. The van der Waals surface area contributed by atoms with Crippen molar-refractivity contribution in [2.45, 2.75) is 13.5 Å². The summed E-state index contributed by atoms with van der Waals surface area (Å²) in [6, 6.07) is 8.01. The molecule has 0 fully saturated rings. The molecule has 5 nitrogen and oxygen atoms in total. The second kappa shape index (κ2) is 3.44. The number of aryl methyl sites for hydroxylation is 1. The van der Waals surface area contributed by atoms with Gasteiger partial charge in [0.25, 0.3) is 0 Å². The van der Waals surface area contributed by atoms with Crippen LogP contribution in [0.1, 0.15) is 11.6 Å². The Kier molecular flexibility index (Phi) is 1.96. The lowest BCUT2D eigenvalue weighted by molar-refractivity contribution is 0.408. The van der Waals surface area contributed by atoms with E-state index in [0.29, 0.717) is 12.4 Å². The minimum Gasteiger partial charge on any atom is -0.343 e. The van der Waals surface area contributed by atoms with E-state index in [1.165, 1.54) is 6.39 Å². The van der Waals surface area contributed by atoms with Crippen molar-refractivity contribution in [2.24, 2.45) is 0 Å². The Morgan fingerprint density at radius 3 is 3.00 bits per heavy atom. The van der Waals surface area contributed by atoms with E-state index in [2.05, 4.69) is 19.7 Å². The van der Waals surface area contributed by atoms with Gasteiger partial charge in [-0.15, -0.1) is 0 Å². The van der Waals surface area contributed by atoms with Crippen LogP contribution in [0.4, 0.5) is 0 Å². The molecule has 0 aliphatic heterocycles. The quantitative estimate of drug-likeness (QED) is 0.652. The SMILES string of the molecule is Cc1nc2ccccc2n1Cc1ncon1. The van der Waals surface area contributed by atoms with Crippen molar-refractivity contribution in [3.05, 3.63) is 42.3 Å². The summed E-state index contributed by atoms with van der Waals surface area (Å²) in [5.41, 5.74) is 2.08. The minimum absolute atomic E-state index is 0.586. The molecule has 0 amide bonds. The fourth-order valence-corrected chi connectivity index (χ4v) is 1.80. The molecule has 0 saturated carbocycles. The van der Waals surface area contributed by atoms with Crippen molar-refractivity contribution < 1.29 is 4.52 Å². The molecule has 1 aromatic carbocycles. The van der Waals surface area contributed by atoms with Crippen LogP contribution in [-0.4, -0.2) is 19.7 Å². The van der Waals surface area contributed by atoms with Gasteiger partial charge >= 0.3 is 0 Å². The topological polar surface area (TPSA) is 56.7 Å². The number of rotatable bonds is 2. The highest BCUT2D eigenvalue weighted by atomic mass is 16.5. The van der Waals surface area contributed by atoms with Crippen LogP contribution < -0.4 is 0 Å². The van der Waals surface area contributed by atoms with Crippen molar-refractivity contribution in [1.29, 1.82) is 0 Å². The summed E-state index contributed by atoms with van der Waals surface area (Å²) in [4.78, 5) is 8.48. The largest absolute Gasteiger partial charge is 0.343 e. The molecule has 0 N–H and O–H groups in total. The molecule has 0 aliphatic rings. The van der Waals surface area contributed by atoms with E-state index in [1.807, 2.05) is 31.2 Å². The standard InChI is InChI=1S/C11H10N4O/c1-8-13-9-4-2-3-5-10(9)15(8)6-11-12-7-16-14-11/h2-5,7H,6H2,1H3.